The molecule has 26 heavy (non-hydrogen) atoms. The maximum Gasteiger partial charge on any atom is 0.0713 e. The fourth-order valence-electron chi connectivity index (χ4n) is 4.81. The van der Waals surface area contributed by atoms with Crippen molar-refractivity contribution >= 4 is 14.7 Å². The van der Waals surface area contributed by atoms with Gasteiger partial charge in [-0.25, -0.2) is 0 Å². The molecule has 0 saturated carbocycles. The fourth-order valence-corrected chi connectivity index (χ4v) is 7.81. The molecule has 1 aliphatic rings. The van der Waals surface area contributed by atoms with Crippen LogP contribution >= 0.6 is 0 Å². The number of allylic oxidation sites excluding steroid dienone is 4. The molecule has 136 valence electrons. The first-order valence-corrected chi connectivity index (χ1v) is 11.1. The highest BCUT2D eigenvalue weighted by Gasteiger charge is 2.41. The van der Waals surface area contributed by atoms with Crippen LogP contribution in [0.2, 0.25) is 5.04 Å². The van der Waals surface area contributed by atoms with E-state index in [9.17, 15) is 0 Å². The summed E-state index contributed by atoms with van der Waals surface area (Å²) in [6.07, 6.45) is 1.14. The summed E-state index contributed by atoms with van der Waals surface area (Å²) in [4.78, 5) is 0. The summed E-state index contributed by atoms with van der Waals surface area (Å²) >= 11 is 0. The predicted octanol–water partition coefficient (Wildman–Crippen LogP) is 5.49. The van der Waals surface area contributed by atoms with Crippen molar-refractivity contribution in [3.8, 4) is 0 Å². The zero-order valence-corrected chi connectivity index (χ0v) is 18.9. The molecule has 0 bridgehead atoms. The topological polar surface area (TPSA) is 0 Å². The lowest BCUT2D eigenvalue weighted by molar-refractivity contribution is 0.733. The summed E-state index contributed by atoms with van der Waals surface area (Å²) in [5.74, 6) is 0. The van der Waals surface area contributed by atoms with E-state index < -0.39 is 9.52 Å². The third-order valence-electron chi connectivity index (χ3n) is 6.66. The van der Waals surface area contributed by atoms with Gasteiger partial charge in [-0.15, -0.1) is 0 Å². The van der Waals surface area contributed by atoms with Crippen LogP contribution in [0, 0.1) is 20.8 Å². The Kier molecular flexibility index (Phi) is 5.12. The van der Waals surface area contributed by atoms with E-state index in [2.05, 4.69) is 90.9 Å². The normalized spacial score (nSPS) is 17.0. The van der Waals surface area contributed by atoms with E-state index in [1.165, 1.54) is 33.4 Å². The second-order valence-electron chi connectivity index (χ2n) is 8.36. The molecule has 0 fully saturated rings. The van der Waals surface area contributed by atoms with E-state index in [1.807, 2.05) is 0 Å². The van der Waals surface area contributed by atoms with Crippen molar-refractivity contribution in [1.29, 1.82) is 0 Å². The summed E-state index contributed by atoms with van der Waals surface area (Å²) in [6, 6.07) is 16.1. The summed E-state index contributed by atoms with van der Waals surface area (Å²) in [5.41, 5.74) is 12.0. The van der Waals surface area contributed by atoms with Gasteiger partial charge in [0, 0.05) is 5.04 Å². The highest BCUT2D eigenvalue weighted by atomic mass is 28.2. The van der Waals surface area contributed by atoms with Crippen LogP contribution in [-0.2, 0) is 6.42 Å². The van der Waals surface area contributed by atoms with Crippen LogP contribution in [-0.4, -0.2) is 9.52 Å². The number of hydrogen-bond donors (Lipinski definition) is 0. The Hall–Kier alpha value is -1.86. The molecular formula is C25H32Si. The Morgan fingerprint density at radius 3 is 1.81 bits per heavy atom. The highest BCUT2D eigenvalue weighted by Crippen LogP contribution is 2.54. The van der Waals surface area contributed by atoms with Crippen LogP contribution in [0.25, 0.3) is 0 Å². The summed E-state index contributed by atoms with van der Waals surface area (Å²) in [5, 5.41) is 1.83. The average Bonchev–Trinajstić information content (AvgIpc) is 2.72. The van der Waals surface area contributed by atoms with Gasteiger partial charge >= 0.3 is 0 Å². The molecule has 0 amide bonds. The smallest absolute Gasteiger partial charge is 0.0650 e. The monoisotopic (exact) mass is 360 g/mol. The van der Waals surface area contributed by atoms with Crippen molar-refractivity contribution in [3.63, 3.8) is 0 Å². The molecule has 0 nitrogen and oxygen atoms in total. The lowest BCUT2D eigenvalue weighted by atomic mass is 9.87. The van der Waals surface area contributed by atoms with E-state index in [4.69, 9.17) is 0 Å². The van der Waals surface area contributed by atoms with E-state index in [0.717, 1.165) is 6.42 Å². The molecule has 0 aromatic heterocycles. The van der Waals surface area contributed by atoms with Gasteiger partial charge in [0.1, 0.15) is 0 Å². The molecule has 0 radical (unpaired) electrons. The van der Waals surface area contributed by atoms with Gasteiger partial charge in [-0.05, 0) is 77.2 Å². The zero-order valence-electron chi connectivity index (χ0n) is 17.5. The Bertz CT molecular complexity index is 867. The lowest BCUT2D eigenvalue weighted by Gasteiger charge is -2.35. The largest absolute Gasteiger partial charge is 0.0713 e. The molecule has 3 rings (SSSR count). The van der Waals surface area contributed by atoms with Gasteiger partial charge in [-0.3, -0.25) is 0 Å². The van der Waals surface area contributed by atoms with Crippen molar-refractivity contribution in [1.82, 2.24) is 0 Å². The van der Waals surface area contributed by atoms with Crippen molar-refractivity contribution in [2.75, 3.05) is 0 Å². The maximum absolute atomic E-state index is 2.43. The predicted molar refractivity (Wildman–Crippen MR) is 118 cm³/mol. The molecular weight excluding hydrogens is 328 g/mol. The first kappa shape index (κ1) is 18.9. The molecule has 1 heteroatoms. The average molecular weight is 361 g/mol. The Morgan fingerprint density at radius 2 is 1.27 bits per heavy atom. The molecule has 0 spiro atoms. The minimum absolute atomic E-state index is 0.237. The minimum atomic E-state index is -0.519. The van der Waals surface area contributed by atoms with Crippen molar-refractivity contribution < 1.29 is 0 Å². The Labute approximate surface area is 161 Å². The molecule has 0 saturated heterocycles. The van der Waals surface area contributed by atoms with Gasteiger partial charge in [-0.2, -0.15) is 0 Å². The summed E-state index contributed by atoms with van der Waals surface area (Å²) in [7, 11) is -0.519. The molecule has 1 aliphatic carbocycles. The second-order valence-corrected chi connectivity index (χ2v) is 10.7. The third kappa shape index (κ3) is 3.25. The van der Waals surface area contributed by atoms with Gasteiger partial charge in [0.2, 0.25) is 0 Å². The quantitative estimate of drug-likeness (QED) is 0.632. The summed E-state index contributed by atoms with van der Waals surface area (Å²) < 4.78 is 0. The highest BCUT2D eigenvalue weighted by molar-refractivity contribution is 6.59. The van der Waals surface area contributed by atoms with Crippen LogP contribution < -0.4 is 5.19 Å². The zero-order chi connectivity index (χ0) is 19.1. The van der Waals surface area contributed by atoms with E-state index in [1.54, 1.807) is 16.3 Å². The SMILES string of the molecule is CC1=C(C)C(Cc2ccccc2C)([SiH2]c2cc(C)cc(C)c2)C(C)=C1C. The molecule has 0 heterocycles. The third-order valence-corrected chi connectivity index (χ3v) is 9.39. The molecule has 0 aliphatic heterocycles. The van der Waals surface area contributed by atoms with Crippen molar-refractivity contribution in [3.05, 3.63) is 87.0 Å². The number of hydrogen-bond acceptors (Lipinski definition) is 0. The maximum atomic E-state index is 2.43. The van der Waals surface area contributed by atoms with Gasteiger partial charge < -0.3 is 0 Å². The van der Waals surface area contributed by atoms with Crippen LogP contribution in [0.4, 0.5) is 0 Å². The minimum Gasteiger partial charge on any atom is -0.0650 e. The molecule has 2 aromatic carbocycles. The Balaban J connectivity index is 2.13. The first-order valence-electron chi connectivity index (χ1n) is 9.72. The first-order chi connectivity index (χ1) is 12.2. The Morgan fingerprint density at radius 1 is 0.731 bits per heavy atom. The van der Waals surface area contributed by atoms with E-state index in [-0.39, 0.29) is 5.04 Å². The fraction of sp³-hybridized carbons (Fsp3) is 0.360. The van der Waals surface area contributed by atoms with Gasteiger partial charge in [-0.1, -0.05) is 69.9 Å². The number of rotatable bonds is 4. The van der Waals surface area contributed by atoms with Crippen LogP contribution in [0.5, 0.6) is 0 Å². The van der Waals surface area contributed by atoms with Crippen molar-refractivity contribution in [2.24, 2.45) is 0 Å². The van der Waals surface area contributed by atoms with E-state index >= 15 is 0 Å². The van der Waals surface area contributed by atoms with Crippen LogP contribution in [0.3, 0.4) is 0 Å². The van der Waals surface area contributed by atoms with Crippen LogP contribution in [0.15, 0.2) is 64.8 Å². The summed E-state index contributed by atoms with van der Waals surface area (Å²) in [6.45, 7) is 16.2. The molecule has 0 unspecified atom stereocenters. The molecule has 0 N–H and O–H groups in total. The van der Waals surface area contributed by atoms with Crippen molar-refractivity contribution in [2.45, 2.75) is 59.9 Å². The molecule has 0 atom stereocenters. The number of aryl methyl sites for hydroxylation is 3. The molecule has 2 aromatic rings. The second kappa shape index (κ2) is 7.04. The van der Waals surface area contributed by atoms with Crippen LogP contribution in [0.1, 0.15) is 49.9 Å². The number of benzene rings is 2. The van der Waals surface area contributed by atoms with E-state index in [0.29, 0.717) is 0 Å². The van der Waals surface area contributed by atoms with Gasteiger partial charge in [0.05, 0.1) is 9.52 Å². The lowest BCUT2D eigenvalue weighted by Crippen LogP contribution is -2.33. The van der Waals surface area contributed by atoms with Gasteiger partial charge in [0.25, 0.3) is 0 Å². The van der Waals surface area contributed by atoms with Gasteiger partial charge in [0.15, 0.2) is 0 Å². The standard InChI is InChI=1S/C25H32Si/c1-16-12-17(2)14-24(13-16)26-25(15-23-11-9-8-10-18(23)3)21(6)19(4)20(5)22(25)7/h8-14H,15,26H2,1-7H3.